The summed E-state index contributed by atoms with van der Waals surface area (Å²) in [6.07, 6.45) is 4.16. The van der Waals surface area contributed by atoms with Crippen molar-refractivity contribution in [1.82, 2.24) is 10.2 Å². The first-order valence-corrected chi connectivity index (χ1v) is 6.40. The van der Waals surface area contributed by atoms with Gasteiger partial charge < -0.3 is 21.1 Å². The summed E-state index contributed by atoms with van der Waals surface area (Å²) >= 11 is 0. The lowest BCUT2D eigenvalue weighted by atomic mass is 9.83. The van der Waals surface area contributed by atoms with Crippen molar-refractivity contribution in [3.05, 3.63) is 0 Å². The fourth-order valence-corrected chi connectivity index (χ4v) is 2.44. The summed E-state index contributed by atoms with van der Waals surface area (Å²) in [6, 6.07) is 0.600. The number of aliphatic hydroxyl groups is 1. The van der Waals surface area contributed by atoms with Gasteiger partial charge in [-0.05, 0) is 52.7 Å². The van der Waals surface area contributed by atoms with Crippen LogP contribution in [0.2, 0.25) is 0 Å². The van der Waals surface area contributed by atoms with Crippen molar-refractivity contribution in [2.24, 2.45) is 5.73 Å². The Morgan fingerprint density at radius 2 is 2.25 bits per heavy atom. The summed E-state index contributed by atoms with van der Waals surface area (Å²) in [7, 11) is 2.18. The highest BCUT2D eigenvalue weighted by molar-refractivity contribution is 4.96. The average molecular weight is 229 g/mol. The van der Waals surface area contributed by atoms with Crippen LogP contribution >= 0.6 is 0 Å². The van der Waals surface area contributed by atoms with E-state index in [4.69, 9.17) is 10.8 Å². The third-order valence-electron chi connectivity index (χ3n) is 3.86. The Bertz CT molecular complexity index is 201. The molecule has 0 aromatic rings. The van der Waals surface area contributed by atoms with Crippen molar-refractivity contribution >= 4 is 0 Å². The molecule has 1 saturated heterocycles. The maximum atomic E-state index is 8.74. The van der Waals surface area contributed by atoms with Crippen LogP contribution in [0.15, 0.2) is 0 Å². The first kappa shape index (κ1) is 13.9. The molecule has 0 saturated carbocycles. The van der Waals surface area contributed by atoms with Crippen LogP contribution in [0.4, 0.5) is 0 Å². The number of nitrogens with two attached hydrogens (primary N) is 1. The normalized spacial score (nSPS) is 31.9. The van der Waals surface area contributed by atoms with Gasteiger partial charge in [0.15, 0.2) is 0 Å². The van der Waals surface area contributed by atoms with E-state index in [1.807, 2.05) is 0 Å². The van der Waals surface area contributed by atoms with Gasteiger partial charge in [-0.15, -0.1) is 0 Å². The van der Waals surface area contributed by atoms with E-state index in [9.17, 15) is 0 Å². The number of likely N-dealkylation sites (tertiary alicyclic amines) is 1. The molecule has 1 aliphatic heterocycles. The van der Waals surface area contributed by atoms with Gasteiger partial charge in [0.25, 0.3) is 0 Å². The standard InChI is InChI=1S/C12H27N3O/c1-11-9-12(10-13,5-7-15(11)2)14-6-3-4-8-16/h11,14,16H,3-10,13H2,1-2H3. The molecule has 0 aromatic carbocycles. The van der Waals surface area contributed by atoms with Crippen molar-refractivity contribution in [2.45, 2.75) is 44.2 Å². The molecule has 1 rings (SSSR count). The lowest BCUT2D eigenvalue weighted by Crippen LogP contribution is -2.59. The largest absolute Gasteiger partial charge is 0.396 e. The Hall–Kier alpha value is -0.160. The first-order valence-electron chi connectivity index (χ1n) is 6.40. The summed E-state index contributed by atoms with van der Waals surface area (Å²) in [4.78, 5) is 2.39. The average Bonchev–Trinajstić information content (AvgIpc) is 2.30. The molecule has 4 N–H and O–H groups in total. The summed E-state index contributed by atoms with van der Waals surface area (Å²) in [5.41, 5.74) is 6.06. The fourth-order valence-electron chi connectivity index (χ4n) is 2.44. The van der Waals surface area contributed by atoms with Gasteiger partial charge >= 0.3 is 0 Å². The molecule has 2 unspecified atom stereocenters. The van der Waals surface area contributed by atoms with Crippen LogP contribution in [-0.4, -0.2) is 54.9 Å². The van der Waals surface area contributed by atoms with E-state index in [2.05, 4.69) is 24.2 Å². The van der Waals surface area contributed by atoms with Crippen LogP contribution in [0.25, 0.3) is 0 Å². The minimum atomic E-state index is 0.126. The van der Waals surface area contributed by atoms with Gasteiger partial charge in [0.05, 0.1) is 0 Å². The molecule has 1 heterocycles. The molecule has 0 aliphatic carbocycles. The molecule has 96 valence electrons. The molecule has 1 aliphatic rings. The van der Waals surface area contributed by atoms with Crippen LogP contribution in [0.1, 0.15) is 32.6 Å². The molecule has 0 bridgehead atoms. The van der Waals surface area contributed by atoms with Gasteiger partial charge in [-0.3, -0.25) is 0 Å². The number of rotatable bonds is 6. The lowest BCUT2D eigenvalue weighted by Gasteiger charge is -2.44. The van der Waals surface area contributed by atoms with Crippen LogP contribution in [-0.2, 0) is 0 Å². The molecule has 16 heavy (non-hydrogen) atoms. The Morgan fingerprint density at radius 1 is 1.50 bits per heavy atom. The molecule has 0 radical (unpaired) electrons. The van der Waals surface area contributed by atoms with E-state index < -0.39 is 0 Å². The van der Waals surface area contributed by atoms with Crippen molar-refractivity contribution in [3.8, 4) is 0 Å². The zero-order chi connectivity index (χ0) is 12.0. The van der Waals surface area contributed by atoms with Crippen molar-refractivity contribution < 1.29 is 5.11 Å². The van der Waals surface area contributed by atoms with Crippen molar-refractivity contribution in [3.63, 3.8) is 0 Å². The van der Waals surface area contributed by atoms with Crippen molar-refractivity contribution in [1.29, 1.82) is 0 Å². The van der Waals surface area contributed by atoms with Gasteiger partial charge in [-0.25, -0.2) is 0 Å². The predicted octanol–water partition coefficient (Wildman–Crippen LogP) is 0.160. The zero-order valence-electron chi connectivity index (χ0n) is 10.7. The molecule has 4 heteroatoms. The predicted molar refractivity (Wildman–Crippen MR) is 67.4 cm³/mol. The summed E-state index contributed by atoms with van der Waals surface area (Å²) in [6.45, 7) is 5.35. The van der Waals surface area contributed by atoms with E-state index in [1.54, 1.807) is 0 Å². The minimum absolute atomic E-state index is 0.126. The maximum absolute atomic E-state index is 8.74. The zero-order valence-corrected chi connectivity index (χ0v) is 10.7. The van der Waals surface area contributed by atoms with Gasteiger partial charge in [0, 0.05) is 24.7 Å². The van der Waals surface area contributed by atoms with Gasteiger partial charge in [-0.1, -0.05) is 0 Å². The molecule has 0 aromatic heterocycles. The van der Waals surface area contributed by atoms with E-state index in [1.165, 1.54) is 0 Å². The second-order valence-corrected chi connectivity index (χ2v) is 5.13. The van der Waals surface area contributed by atoms with Crippen molar-refractivity contribution in [2.75, 3.05) is 33.3 Å². The van der Waals surface area contributed by atoms with Crippen LogP contribution in [0.5, 0.6) is 0 Å². The molecular weight excluding hydrogens is 202 g/mol. The summed E-state index contributed by atoms with van der Waals surface area (Å²) < 4.78 is 0. The smallest absolute Gasteiger partial charge is 0.0431 e. The number of hydrogen-bond acceptors (Lipinski definition) is 4. The highest BCUT2D eigenvalue weighted by Gasteiger charge is 2.35. The number of unbranched alkanes of at least 4 members (excludes halogenated alkanes) is 1. The lowest BCUT2D eigenvalue weighted by molar-refractivity contribution is 0.111. The molecule has 0 spiro atoms. The number of aliphatic hydroxyl groups excluding tert-OH is 1. The highest BCUT2D eigenvalue weighted by Crippen LogP contribution is 2.25. The monoisotopic (exact) mass is 229 g/mol. The highest BCUT2D eigenvalue weighted by atomic mass is 16.2. The van der Waals surface area contributed by atoms with Gasteiger partial charge in [-0.2, -0.15) is 0 Å². The molecule has 2 atom stereocenters. The van der Waals surface area contributed by atoms with Crippen LogP contribution in [0.3, 0.4) is 0 Å². The number of nitrogens with zero attached hydrogens (tertiary/aromatic N) is 1. The summed E-state index contributed by atoms with van der Waals surface area (Å²) in [5, 5.41) is 12.4. The topological polar surface area (TPSA) is 61.5 Å². The van der Waals surface area contributed by atoms with E-state index in [-0.39, 0.29) is 12.1 Å². The maximum Gasteiger partial charge on any atom is 0.0431 e. The second-order valence-electron chi connectivity index (χ2n) is 5.13. The SMILES string of the molecule is CC1CC(CN)(NCCCCO)CCN1C. The van der Waals surface area contributed by atoms with Gasteiger partial charge in [0.1, 0.15) is 0 Å². The van der Waals surface area contributed by atoms with E-state index in [0.717, 1.165) is 38.8 Å². The fraction of sp³-hybridized carbons (Fsp3) is 1.00. The van der Waals surface area contributed by atoms with E-state index >= 15 is 0 Å². The Morgan fingerprint density at radius 3 is 2.81 bits per heavy atom. The Labute approximate surface area is 99.2 Å². The molecule has 4 nitrogen and oxygen atoms in total. The Balaban J connectivity index is 2.38. The van der Waals surface area contributed by atoms with Crippen LogP contribution < -0.4 is 11.1 Å². The van der Waals surface area contributed by atoms with E-state index in [0.29, 0.717) is 12.6 Å². The molecule has 1 fully saturated rings. The Kier molecular flexibility index (Phi) is 5.69. The third kappa shape index (κ3) is 3.70. The minimum Gasteiger partial charge on any atom is -0.396 e. The first-order chi connectivity index (χ1) is 7.63. The number of nitrogens with one attached hydrogen (secondary N) is 1. The quantitative estimate of drug-likeness (QED) is 0.568. The third-order valence-corrected chi connectivity index (χ3v) is 3.86. The molecule has 0 amide bonds. The number of piperidine rings is 1. The molecular formula is C12H27N3O. The summed E-state index contributed by atoms with van der Waals surface area (Å²) in [5.74, 6) is 0. The second kappa shape index (κ2) is 6.55. The number of hydrogen-bond donors (Lipinski definition) is 3. The van der Waals surface area contributed by atoms with Gasteiger partial charge in [0.2, 0.25) is 0 Å². The van der Waals surface area contributed by atoms with Crippen LogP contribution in [0, 0.1) is 0 Å².